The highest BCUT2D eigenvalue weighted by Crippen LogP contribution is 2.21. The molecule has 2 N–H and O–H groups in total. The minimum Gasteiger partial charge on any atom is -0.348 e. The Morgan fingerprint density at radius 3 is 2.80 bits per heavy atom. The van der Waals surface area contributed by atoms with Crippen LogP contribution in [0.15, 0.2) is 18.2 Å². The van der Waals surface area contributed by atoms with Crippen LogP contribution in [0.4, 0.5) is 5.69 Å². The number of amides is 1. The van der Waals surface area contributed by atoms with Gasteiger partial charge in [0.05, 0.1) is 4.92 Å². The van der Waals surface area contributed by atoms with Crippen molar-refractivity contribution >= 4 is 35.6 Å². The van der Waals surface area contributed by atoms with Crippen molar-refractivity contribution in [3.8, 4) is 0 Å². The number of hydrogen-bond donors (Lipinski definition) is 2. The Balaban J connectivity index is 0.00000200. The van der Waals surface area contributed by atoms with Crippen molar-refractivity contribution in [2.45, 2.75) is 18.9 Å². The number of nitro benzene ring substituents is 1. The molecule has 0 radical (unpaired) electrons. The molecular weight excluding hydrogens is 305 g/mol. The summed E-state index contributed by atoms with van der Waals surface area (Å²) in [5.41, 5.74) is 0.0317. The first kappa shape index (κ1) is 16.7. The number of hydrogen-bond acceptors (Lipinski definition) is 4. The third-order valence-corrected chi connectivity index (χ3v) is 3.21. The Hall–Kier alpha value is -1.37. The van der Waals surface area contributed by atoms with Gasteiger partial charge >= 0.3 is 0 Å². The molecule has 1 atom stereocenters. The fourth-order valence-electron chi connectivity index (χ4n) is 2.05. The number of non-ortho nitro benzene ring substituents is 1. The van der Waals surface area contributed by atoms with E-state index in [1.54, 1.807) is 0 Å². The molecule has 20 heavy (non-hydrogen) atoms. The van der Waals surface area contributed by atoms with Gasteiger partial charge in [0.25, 0.3) is 11.6 Å². The maximum atomic E-state index is 12.0. The third kappa shape index (κ3) is 4.33. The molecule has 1 amide bonds. The molecule has 110 valence electrons. The number of nitrogens with one attached hydrogen (secondary N) is 2. The number of nitrogens with zero attached hydrogens (tertiary/aromatic N) is 1. The van der Waals surface area contributed by atoms with Crippen LogP contribution in [0.1, 0.15) is 23.2 Å². The molecule has 0 spiro atoms. The predicted octanol–water partition coefficient (Wildman–Crippen LogP) is 2.15. The Morgan fingerprint density at radius 1 is 1.45 bits per heavy atom. The number of carbonyl (C=O) groups excluding carboxylic acids is 1. The van der Waals surface area contributed by atoms with E-state index in [1.165, 1.54) is 18.2 Å². The Bertz CT molecular complexity index is 505. The predicted molar refractivity (Wildman–Crippen MR) is 78.7 cm³/mol. The van der Waals surface area contributed by atoms with Crippen LogP contribution in [0.25, 0.3) is 0 Å². The first-order valence-corrected chi connectivity index (χ1v) is 6.40. The molecule has 1 fully saturated rings. The molecule has 2 rings (SSSR count). The van der Waals surface area contributed by atoms with Gasteiger partial charge in [-0.15, -0.1) is 12.4 Å². The molecule has 1 aromatic carbocycles. The molecule has 1 aliphatic heterocycles. The van der Waals surface area contributed by atoms with E-state index >= 15 is 0 Å². The van der Waals surface area contributed by atoms with Gasteiger partial charge in [0.15, 0.2) is 0 Å². The van der Waals surface area contributed by atoms with Crippen molar-refractivity contribution in [1.29, 1.82) is 0 Å². The molecule has 0 aromatic heterocycles. The second kappa shape index (κ2) is 7.42. The van der Waals surface area contributed by atoms with E-state index in [9.17, 15) is 14.9 Å². The van der Waals surface area contributed by atoms with Crippen molar-refractivity contribution < 1.29 is 9.72 Å². The van der Waals surface area contributed by atoms with E-state index in [0.717, 1.165) is 19.4 Å². The number of halogens is 2. The number of carbonyl (C=O) groups is 1. The SMILES string of the molecule is Cl.O=C(NC1CCCNC1)c1cc(Cl)cc([N+](=O)[O-])c1. The Morgan fingerprint density at radius 2 is 2.20 bits per heavy atom. The Labute approximate surface area is 127 Å². The van der Waals surface area contributed by atoms with Crippen molar-refractivity contribution in [3.05, 3.63) is 38.9 Å². The lowest BCUT2D eigenvalue weighted by Gasteiger charge is -2.23. The van der Waals surface area contributed by atoms with Gasteiger partial charge in [-0.2, -0.15) is 0 Å². The summed E-state index contributed by atoms with van der Waals surface area (Å²) in [6.07, 6.45) is 1.90. The van der Waals surface area contributed by atoms with Crippen molar-refractivity contribution in [3.63, 3.8) is 0 Å². The van der Waals surface area contributed by atoms with Crippen LogP contribution in [0.3, 0.4) is 0 Å². The number of nitro groups is 1. The van der Waals surface area contributed by atoms with Crippen LogP contribution in [0.2, 0.25) is 5.02 Å². The minimum absolute atomic E-state index is 0. The maximum absolute atomic E-state index is 12.0. The average Bonchev–Trinajstić information content (AvgIpc) is 2.39. The molecule has 1 aromatic rings. The monoisotopic (exact) mass is 319 g/mol. The summed E-state index contributed by atoms with van der Waals surface area (Å²) in [6, 6.07) is 3.94. The molecule has 1 saturated heterocycles. The highest BCUT2D eigenvalue weighted by Gasteiger charge is 2.18. The van der Waals surface area contributed by atoms with E-state index in [2.05, 4.69) is 10.6 Å². The molecule has 1 heterocycles. The smallest absolute Gasteiger partial charge is 0.271 e. The molecule has 0 saturated carbocycles. The van der Waals surface area contributed by atoms with Gasteiger partial charge in [0, 0.05) is 35.3 Å². The summed E-state index contributed by atoms with van der Waals surface area (Å²) >= 11 is 5.78. The van der Waals surface area contributed by atoms with Gasteiger partial charge < -0.3 is 10.6 Å². The van der Waals surface area contributed by atoms with Gasteiger partial charge in [0.1, 0.15) is 0 Å². The number of piperidine rings is 1. The molecule has 1 unspecified atom stereocenters. The topological polar surface area (TPSA) is 84.3 Å². The summed E-state index contributed by atoms with van der Waals surface area (Å²) in [5, 5.41) is 16.9. The lowest BCUT2D eigenvalue weighted by atomic mass is 10.1. The van der Waals surface area contributed by atoms with Crippen LogP contribution >= 0.6 is 24.0 Å². The van der Waals surface area contributed by atoms with E-state index in [0.29, 0.717) is 6.54 Å². The number of rotatable bonds is 3. The fraction of sp³-hybridized carbons (Fsp3) is 0.417. The summed E-state index contributed by atoms with van der Waals surface area (Å²) in [7, 11) is 0. The summed E-state index contributed by atoms with van der Waals surface area (Å²) in [4.78, 5) is 22.2. The molecule has 0 bridgehead atoms. The standard InChI is InChI=1S/C12H14ClN3O3.ClH/c13-9-4-8(5-11(6-9)16(18)19)12(17)15-10-2-1-3-14-7-10;/h4-6,10,14H,1-3,7H2,(H,15,17);1H. The molecule has 1 aliphatic rings. The van der Waals surface area contributed by atoms with Crippen molar-refractivity contribution in [2.75, 3.05) is 13.1 Å². The molecule has 6 nitrogen and oxygen atoms in total. The third-order valence-electron chi connectivity index (χ3n) is 2.99. The van der Waals surface area contributed by atoms with Crippen molar-refractivity contribution in [1.82, 2.24) is 10.6 Å². The fourth-order valence-corrected chi connectivity index (χ4v) is 2.28. The van der Waals surface area contributed by atoms with E-state index in [4.69, 9.17) is 11.6 Å². The van der Waals surface area contributed by atoms with E-state index in [1.807, 2.05) is 0 Å². The zero-order valence-electron chi connectivity index (χ0n) is 10.6. The van der Waals surface area contributed by atoms with E-state index in [-0.39, 0.29) is 40.6 Å². The summed E-state index contributed by atoms with van der Waals surface area (Å²) in [6.45, 7) is 1.67. The van der Waals surface area contributed by atoms with Crippen LogP contribution < -0.4 is 10.6 Å². The molecule has 8 heteroatoms. The lowest BCUT2D eigenvalue weighted by molar-refractivity contribution is -0.384. The van der Waals surface area contributed by atoms with Crippen molar-refractivity contribution in [2.24, 2.45) is 0 Å². The normalized spacial score (nSPS) is 17.9. The number of benzene rings is 1. The van der Waals surface area contributed by atoms with Gasteiger partial charge in [-0.25, -0.2) is 0 Å². The average molecular weight is 320 g/mol. The van der Waals surface area contributed by atoms with Gasteiger partial charge in [-0.1, -0.05) is 11.6 Å². The first-order valence-electron chi connectivity index (χ1n) is 6.03. The quantitative estimate of drug-likeness (QED) is 0.660. The zero-order chi connectivity index (χ0) is 13.8. The first-order chi connectivity index (χ1) is 9.06. The van der Waals surface area contributed by atoms with Crippen LogP contribution in [0.5, 0.6) is 0 Å². The lowest BCUT2D eigenvalue weighted by Crippen LogP contribution is -2.45. The van der Waals surface area contributed by atoms with Gasteiger partial charge in [-0.3, -0.25) is 14.9 Å². The second-order valence-electron chi connectivity index (χ2n) is 4.47. The van der Waals surface area contributed by atoms with Crippen LogP contribution in [-0.4, -0.2) is 30.0 Å². The highest BCUT2D eigenvalue weighted by atomic mass is 35.5. The summed E-state index contributed by atoms with van der Waals surface area (Å²) in [5.74, 6) is -0.334. The van der Waals surface area contributed by atoms with Gasteiger partial charge in [0.2, 0.25) is 0 Å². The van der Waals surface area contributed by atoms with Gasteiger partial charge in [-0.05, 0) is 25.5 Å². The maximum Gasteiger partial charge on any atom is 0.271 e. The largest absolute Gasteiger partial charge is 0.348 e. The zero-order valence-corrected chi connectivity index (χ0v) is 12.2. The highest BCUT2D eigenvalue weighted by molar-refractivity contribution is 6.31. The van der Waals surface area contributed by atoms with Crippen LogP contribution in [-0.2, 0) is 0 Å². The Kier molecular flexibility index (Phi) is 6.19. The minimum atomic E-state index is -0.565. The summed E-state index contributed by atoms with van der Waals surface area (Å²) < 4.78 is 0. The van der Waals surface area contributed by atoms with Crippen LogP contribution in [0, 0.1) is 10.1 Å². The molecular formula is C12H15Cl2N3O3. The van der Waals surface area contributed by atoms with E-state index < -0.39 is 4.92 Å². The molecule has 0 aliphatic carbocycles. The second-order valence-corrected chi connectivity index (χ2v) is 4.91.